The number of alkyl halides is 3. The molecule has 108 valence electrons. The lowest BCUT2D eigenvalue weighted by molar-refractivity contribution is -0.134. The van der Waals surface area contributed by atoms with Gasteiger partial charge in [0.25, 0.3) is 0 Å². The first-order chi connectivity index (χ1) is 8.59. The summed E-state index contributed by atoms with van der Waals surface area (Å²) in [6.07, 6.45) is -6.22. The smallest absolute Gasteiger partial charge is 0.389 e. The monoisotopic (exact) mass is 301 g/mol. The number of carboxylic acid groups (broad SMARTS) is 1. The van der Waals surface area contributed by atoms with Gasteiger partial charge in [0.2, 0.25) is 10.0 Å². The van der Waals surface area contributed by atoms with Crippen molar-refractivity contribution in [3.8, 4) is 0 Å². The lowest BCUT2D eigenvalue weighted by Crippen LogP contribution is -2.19. The molecule has 7 nitrogen and oxygen atoms in total. The molecule has 0 fully saturated rings. The zero-order valence-electron chi connectivity index (χ0n) is 9.36. The van der Waals surface area contributed by atoms with E-state index in [1.807, 2.05) is 4.72 Å². The van der Waals surface area contributed by atoms with Gasteiger partial charge in [-0.25, -0.2) is 13.2 Å². The SMILES string of the molecule is O=C(O)c1cc(NS(=O)(=O)CCCC(F)(F)F)n[nH]1. The van der Waals surface area contributed by atoms with Gasteiger partial charge in [0.15, 0.2) is 5.82 Å². The normalized spacial score (nSPS) is 12.4. The van der Waals surface area contributed by atoms with E-state index in [-0.39, 0.29) is 11.5 Å². The van der Waals surface area contributed by atoms with Crippen LogP contribution in [-0.4, -0.2) is 41.6 Å². The lowest BCUT2D eigenvalue weighted by atomic mass is 10.3. The molecule has 1 aromatic heterocycles. The van der Waals surface area contributed by atoms with Crippen molar-refractivity contribution in [2.45, 2.75) is 19.0 Å². The predicted octanol–water partition coefficient (Wildman–Crippen LogP) is 1.19. The van der Waals surface area contributed by atoms with E-state index in [9.17, 15) is 26.4 Å². The van der Waals surface area contributed by atoms with Gasteiger partial charge in [0.1, 0.15) is 5.69 Å². The van der Waals surface area contributed by atoms with Crippen molar-refractivity contribution in [3.05, 3.63) is 11.8 Å². The average Bonchev–Trinajstić information content (AvgIpc) is 2.62. The summed E-state index contributed by atoms with van der Waals surface area (Å²) in [5, 5.41) is 14.0. The van der Waals surface area contributed by atoms with Crippen LogP contribution >= 0.6 is 0 Å². The van der Waals surface area contributed by atoms with Crippen molar-refractivity contribution in [2.24, 2.45) is 0 Å². The van der Waals surface area contributed by atoms with Crippen LogP contribution in [0.2, 0.25) is 0 Å². The van der Waals surface area contributed by atoms with Crippen LogP contribution in [0.1, 0.15) is 23.3 Å². The van der Waals surface area contributed by atoms with Crippen molar-refractivity contribution in [3.63, 3.8) is 0 Å². The second kappa shape index (κ2) is 5.47. The van der Waals surface area contributed by atoms with E-state index in [1.165, 1.54) is 0 Å². The maximum absolute atomic E-state index is 11.9. The first-order valence-corrected chi connectivity index (χ1v) is 6.60. The van der Waals surface area contributed by atoms with Crippen LogP contribution in [0.3, 0.4) is 0 Å². The third-order valence-electron chi connectivity index (χ3n) is 1.94. The number of aromatic carboxylic acids is 1. The third-order valence-corrected chi connectivity index (χ3v) is 3.29. The number of hydrogen-bond donors (Lipinski definition) is 3. The number of nitrogens with zero attached hydrogens (tertiary/aromatic N) is 1. The van der Waals surface area contributed by atoms with E-state index in [4.69, 9.17) is 5.11 Å². The van der Waals surface area contributed by atoms with E-state index in [0.29, 0.717) is 0 Å². The second-order valence-corrected chi connectivity index (χ2v) is 5.45. The Hall–Kier alpha value is -1.78. The van der Waals surface area contributed by atoms with E-state index in [2.05, 4.69) is 10.2 Å². The molecule has 11 heteroatoms. The quantitative estimate of drug-likeness (QED) is 0.730. The fourth-order valence-electron chi connectivity index (χ4n) is 1.16. The van der Waals surface area contributed by atoms with Gasteiger partial charge in [-0.05, 0) is 6.42 Å². The van der Waals surface area contributed by atoms with Crippen molar-refractivity contribution in [1.29, 1.82) is 0 Å². The molecule has 0 aliphatic carbocycles. The summed E-state index contributed by atoms with van der Waals surface area (Å²) >= 11 is 0. The molecule has 0 aliphatic rings. The van der Waals surface area contributed by atoms with Crippen LogP contribution in [0.15, 0.2) is 6.07 Å². The van der Waals surface area contributed by atoms with Gasteiger partial charge >= 0.3 is 12.1 Å². The van der Waals surface area contributed by atoms with Gasteiger partial charge in [-0.15, -0.1) is 0 Å². The van der Waals surface area contributed by atoms with Gasteiger partial charge < -0.3 is 5.11 Å². The Morgan fingerprint density at radius 2 is 2.11 bits per heavy atom. The maximum atomic E-state index is 11.9. The summed E-state index contributed by atoms with van der Waals surface area (Å²) < 4.78 is 60.2. The van der Waals surface area contributed by atoms with Crippen molar-refractivity contribution >= 4 is 21.8 Å². The first kappa shape index (κ1) is 15.3. The maximum Gasteiger partial charge on any atom is 0.389 e. The van der Waals surface area contributed by atoms with Crippen LogP contribution in [0.4, 0.5) is 19.0 Å². The number of aromatic nitrogens is 2. The van der Waals surface area contributed by atoms with Crippen LogP contribution in [0.5, 0.6) is 0 Å². The molecule has 1 rings (SSSR count). The first-order valence-electron chi connectivity index (χ1n) is 4.95. The molecule has 0 spiro atoms. The molecular formula is C8H10F3N3O4S. The molecule has 0 aromatic carbocycles. The molecule has 0 unspecified atom stereocenters. The van der Waals surface area contributed by atoms with E-state index in [1.54, 1.807) is 0 Å². The Labute approximate surface area is 105 Å². The molecule has 0 aliphatic heterocycles. The van der Waals surface area contributed by atoms with Crippen LogP contribution in [-0.2, 0) is 10.0 Å². The Morgan fingerprint density at radius 1 is 1.47 bits per heavy atom. The number of hydrogen-bond acceptors (Lipinski definition) is 4. The average molecular weight is 301 g/mol. The molecule has 0 saturated carbocycles. The number of nitrogens with one attached hydrogen (secondary N) is 2. The Morgan fingerprint density at radius 3 is 2.58 bits per heavy atom. The highest BCUT2D eigenvalue weighted by Crippen LogP contribution is 2.21. The molecule has 3 N–H and O–H groups in total. The fourth-order valence-corrected chi connectivity index (χ4v) is 2.21. The highest BCUT2D eigenvalue weighted by molar-refractivity contribution is 7.92. The molecule has 1 heterocycles. The molecule has 0 atom stereocenters. The summed E-state index contributed by atoms with van der Waals surface area (Å²) in [6.45, 7) is 0. The number of carbonyl (C=O) groups is 1. The number of aromatic amines is 1. The largest absolute Gasteiger partial charge is 0.477 e. The number of sulfonamides is 1. The topological polar surface area (TPSA) is 112 Å². The number of halogens is 3. The third kappa shape index (κ3) is 5.59. The molecule has 19 heavy (non-hydrogen) atoms. The van der Waals surface area contributed by atoms with E-state index >= 15 is 0 Å². The van der Waals surface area contributed by atoms with Crippen LogP contribution < -0.4 is 4.72 Å². The predicted molar refractivity (Wildman–Crippen MR) is 58.2 cm³/mol. The van der Waals surface area contributed by atoms with Gasteiger partial charge in [-0.3, -0.25) is 9.82 Å². The van der Waals surface area contributed by atoms with Crippen LogP contribution in [0, 0.1) is 0 Å². The van der Waals surface area contributed by atoms with E-state index < -0.39 is 40.8 Å². The number of anilines is 1. The minimum absolute atomic E-state index is 0.288. The van der Waals surface area contributed by atoms with Gasteiger partial charge in [-0.2, -0.15) is 18.3 Å². The highest BCUT2D eigenvalue weighted by Gasteiger charge is 2.27. The zero-order chi connectivity index (χ0) is 14.7. The molecule has 1 aromatic rings. The summed E-state index contributed by atoms with van der Waals surface area (Å²) in [4.78, 5) is 10.5. The summed E-state index contributed by atoms with van der Waals surface area (Å²) in [5.41, 5.74) is -0.340. The highest BCUT2D eigenvalue weighted by atomic mass is 32.2. The molecular weight excluding hydrogens is 291 g/mol. The summed E-state index contributed by atoms with van der Waals surface area (Å²) in [5.74, 6) is -2.36. The second-order valence-electron chi connectivity index (χ2n) is 3.61. The number of carboxylic acids is 1. The standard InChI is InChI=1S/C8H10F3N3O4S/c9-8(10,11)2-1-3-19(17,18)14-6-4-5(7(15)16)12-13-6/h4H,1-3H2,(H,15,16)(H2,12,13,14). The van der Waals surface area contributed by atoms with Crippen molar-refractivity contribution in [2.75, 3.05) is 10.5 Å². The minimum atomic E-state index is -4.42. The molecule has 0 radical (unpaired) electrons. The lowest BCUT2D eigenvalue weighted by Gasteiger charge is -2.07. The zero-order valence-corrected chi connectivity index (χ0v) is 10.2. The van der Waals surface area contributed by atoms with Gasteiger partial charge in [0.05, 0.1) is 5.75 Å². The summed E-state index contributed by atoms with van der Waals surface area (Å²) in [7, 11) is -3.99. The van der Waals surface area contributed by atoms with Crippen molar-refractivity contribution < 1.29 is 31.5 Å². The molecule has 0 saturated heterocycles. The van der Waals surface area contributed by atoms with Crippen molar-refractivity contribution in [1.82, 2.24) is 10.2 Å². The Kier molecular flexibility index (Phi) is 4.39. The molecule has 0 bridgehead atoms. The van der Waals surface area contributed by atoms with Gasteiger partial charge in [0, 0.05) is 12.5 Å². The van der Waals surface area contributed by atoms with Gasteiger partial charge in [-0.1, -0.05) is 0 Å². The number of rotatable bonds is 6. The van der Waals surface area contributed by atoms with Crippen LogP contribution in [0.25, 0.3) is 0 Å². The molecule has 0 amide bonds. The van der Waals surface area contributed by atoms with E-state index in [0.717, 1.165) is 6.07 Å². The Bertz CT molecular complexity index is 552. The minimum Gasteiger partial charge on any atom is -0.477 e. The fraction of sp³-hybridized carbons (Fsp3) is 0.500. The number of H-pyrrole nitrogens is 1. The summed E-state index contributed by atoms with van der Waals surface area (Å²) in [6, 6.07) is 0.920. The Balaban J connectivity index is 2.56.